The number of ketones is 1. The maximum absolute atomic E-state index is 13.4. The van der Waals surface area contributed by atoms with Gasteiger partial charge in [-0.1, -0.05) is 38.1 Å². The largest absolute Gasteiger partial charge is 0.507 e. The Bertz CT molecular complexity index is 1200. The van der Waals surface area contributed by atoms with Gasteiger partial charge in [0.1, 0.15) is 23.9 Å². The monoisotopic (exact) mass is 534 g/mol. The maximum atomic E-state index is 13.4. The van der Waals surface area contributed by atoms with Crippen LogP contribution in [0.5, 0.6) is 11.5 Å². The van der Waals surface area contributed by atoms with Crippen LogP contribution < -0.4 is 9.47 Å². The Hall–Kier alpha value is -3.62. The van der Waals surface area contributed by atoms with Crippen molar-refractivity contribution in [1.29, 1.82) is 0 Å². The van der Waals surface area contributed by atoms with Gasteiger partial charge in [0, 0.05) is 31.7 Å². The molecule has 208 valence electrons. The zero-order valence-electron chi connectivity index (χ0n) is 22.9. The van der Waals surface area contributed by atoms with Gasteiger partial charge in [0.2, 0.25) is 0 Å². The smallest absolute Gasteiger partial charge is 0.295 e. The molecule has 2 aliphatic heterocycles. The molecular formula is C31H38N2O6. The van der Waals surface area contributed by atoms with E-state index in [-0.39, 0.29) is 11.3 Å². The van der Waals surface area contributed by atoms with Crippen molar-refractivity contribution in [2.45, 2.75) is 32.7 Å². The van der Waals surface area contributed by atoms with Crippen LogP contribution in [0.1, 0.15) is 42.5 Å². The number of amides is 1. The first kappa shape index (κ1) is 28.4. The van der Waals surface area contributed by atoms with Gasteiger partial charge in [-0.2, -0.15) is 0 Å². The number of benzene rings is 2. The number of aryl methyl sites for hydroxylation is 1. The Morgan fingerprint density at radius 2 is 1.79 bits per heavy atom. The summed E-state index contributed by atoms with van der Waals surface area (Å²) in [5.74, 6) is -0.132. The number of unbranched alkanes of at least 4 members (excludes halogenated alkanes) is 1. The molecule has 2 heterocycles. The first-order valence-corrected chi connectivity index (χ1v) is 13.6. The lowest BCUT2D eigenvalue weighted by Crippen LogP contribution is -2.42. The number of Topliss-reactive ketones (excluding diaryl/α,β-unsaturated/α-hetero) is 1. The average molecular weight is 535 g/mol. The van der Waals surface area contributed by atoms with Gasteiger partial charge in [-0.05, 0) is 54.8 Å². The number of hydrogen-bond donors (Lipinski definition) is 1. The number of ether oxygens (including phenoxy) is 3. The van der Waals surface area contributed by atoms with E-state index in [1.807, 2.05) is 31.2 Å². The predicted molar refractivity (Wildman–Crippen MR) is 150 cm³/mol. The summed E-state index contributed by atoms with van der Waals surface area (Å²) in [6.45, 7) is 12.4. The third kappa shape index (κ3) is 6.69. The lowest BCUT2D eigenvalue weighted by molar-refractivity contribution is -0.140. The molecule has 2 fully saturated rings. The second-order valence-electron chi connectivity index (χ2n) is 9.79. The minimum Gasteiger partial charge on any atom is -0.507 e. The van der Waals surface area contributed by atoms with Gasteiger partial charge in [-0.15, -0.1) is 0 Å². The molecular weight excluding hydrogens is 496 g/mol. The highest BCUT2D eigenvalue weighted by Crippen LogP contribution is 2.40. The molecule has 2 aromatic rings. The summed E-state index contributed by atoms with van der Waals surface area (Å²) in [6.07, 6.45) is 3.65. The number of morpholine rings is 1. The first-order valence-electron chi connectivity index (χ1n) is 13.6. The van der Waals surface area contributed by atoms with Crippen molar-refractivity contribution in [1.82, 2.24) is 9.80 Å². The molecule has 4 rings (SSSR count). The van der Waals surface area contributed by atoms with Crippen LogP contribution in [0.4, 0.5) is 0 Å². The van der Waals surface area contributed by atoms with Crippen LogP contribution in [-0.2, 0) is 14.3 Å². The Kier molecular flexibility index (Phi) is 9.79. The Labute approximate surface area is 230 Å². The molecule has 0 aromatic heterocycles. The van der Waals surface area contributed by atoms with Crippen molar-refractivity contribution in [3.63, 3.8) is 0 Å². The molecule has 8 heteroatoms. The highest BCUT2D eigenvalue weighted by atomic mass is 16.5. The molecule has 1 amide bonds. The average Bonchev–Trinajstić information content (AvgIpc) is 3.20. The Morgan fingerprint density at radius 3 is 2.46 bits per heavy atom. The van der Waals surface area contributed by atoms with Crippen LogP contribution in [0, 0.1) is 6.92 Å². The van der Waals surface area contributed by atoms with E-state index in [4.69, 9.17) is 14.2 Å². The van der Waals surface area contributed by atoms with Crippen LogP contribution in [0.2, 0.25) is 0 Å². The number of rotatable bonds is 12. The van der Waals surface area contributed by atoms with E-state index in [1.54, 1.807) is 29.2 Å². The number of carbonyl (C=O) groups is 2. The van der Waals surface area contributed by atoms with Crippen molar-refractivity contribution < 1.29 is 28.9 Å². The maximum Gasteiger partial charge on any atom is 0.295 e. The lowest BCUT2D eigenvalue weighted by Gasteiger charge is -2.31. The van der Waals surface area contributed by atoms with E-state index < -0.39 is 17.7 Å². The van der Waals surface area contributed by atoms with Crippen LogP contribution >= 0.6 is 0 Å². The fourth-order valence-corrected chi connectivity index (χ4v) is 4.90. The molecule has 2 aromatic carbocycles. The summed E-state index contributed by atoms with van der Waals surface area (Å²) in [6, 6.07) is 12.0. The second kappa shape index (κ2) is 13.4. The third-order valence-corrected chi connectivity index (χ3v) is 7.08. The zero-order chi connectivity index (χ0) is 27.8. The molecule has 1 atom stereocenters. The van der Waals surface area contributed by atoms with Crippen LogP contribution in [-0.4, -0.2) is 79.2 Å². The lowest BCUT2D eigenvalue weighted by atomic mass is 9.94. The van der Waals surface area contributed by atoms with Gasteiger partial charge in [-0.3, -0.25) is 14.5 Å². The van der Waals surface area contributed by atoms with Crippen molar-refractivity contribution in [2.75, 3.05) is 52.6 Å². The van der Waals surface area contributed by atoms with Gasteiger partial charge < -0.3 is 24.2 Å². The van der Waals surface area contributed by atoms with E-state index in [9.17, 15) is 14.7 Å². The normalized spacial score (nSPS) is 19.3. The number of likely N-dealkylation sites (tertiary alicyclic amines) is 1. The van der Waals surface area contributed by atoms with Crippen molar-refractivity contribution >= 4 is 17.4 Å². The van der Waals surface area contributed by atoms with E-state index in [0.29, 0.717) is 50.8 Å². The van der Waals surface area contributed by atoms with E-state index in [0.717, 1.165) is 42.8 Å². The van der Waals surface area contributed by atoms with Crippen LogP contribution in [0.3, 0.4) is 0 Å². The summed E-state index contributed by atoms with van der Waals surface area (Å²) in [4.78, 5) is 30.6. The van der Waals surface area contributed by atoms with Gasteiger partial charge in [0.15, 0.2) is 0 Å². The molecule has 1 N–H and O–H groups in total. The molecule has 0 spiro atoms. The summed E-state index contributed by atoms with van der Waals surface area (Å²) >= 11 is 0. The molecule has 1 unspecified atom stereocenters. The number of nitrogens with zero attached hydrogens (tertiary/aromatic N) is 2. The SMILES string of the molecule is C=CCOc1ccc(/C(O)=C2\C(=O)C(=O)N(CCN3CCOCC3)C2c2ccc(OCCCC)cc2)c(C)c1. The van der Waals surface area contributed by atoms with Gasteiger partial charge in [-0.25, -0.2) is 0 Å². The Balaban J connectivity index is 1.69. The van der Waals surface area contributed by atoms with Gasteiger partial charge >= 0.3 is 0 Å². The van der Waals surface area contributed by atoms with Crippen LogP contribution in [0.25, 0.3) is 5.76 Å². The van der Waals surface area contributed by atoms with E-state index in [2.05, 4.69) is 18.4 Å². The van der Waals surface area contributed by atoms with Crippen molar-refractivity contribution in [3.05, 3.63) is 77.4 Å². The van der Waals surface area contributed by atoms with Gasteiger partial charge in [0.05, 0.1) is 31.4 Å². The molecule has 0 radical (unpaired) electrons. The molecule has 0 aliphatic carbocycles. The zero-order valence-corrected chi connectivity index (χ0v) is 22.9. The molecule has 39 heavy (non-hydrogen) atoms. The standard InChI is InChI=1S/C31H38N2O6/c1-4-6-18-39-24-9-7-23(8-10-24)28-27(29(34)26-12-11-25(21-22(26)3)38-17-5-2)30(35)31(36)33(28)14-13-32-15-19-37-20-16-32/h5,7-12,21,28,34H,2,4,6,13-20H2,1,3H3/b29-27+. The predicted octanol–water partition coefficient (Wildman–Crippen LogP) is 4.49. The number of aliphatic hydroxyl groups is 1. The minimum absolute atomic E-state index is 0.0875. The molecule has 0 saturated carbocycles. The minimum atomic E-state index is -0.716. The highest BCUT2D eigenvalue weighted by molar-refractivity contribution is 6.46. The number of carbonyl (C=O) groups excluding carboxylic acids is 2. The summed E-state index contributed by atoms with van der Waals surface area (Å²) < 4.78 is 16.9. The summed E-state index contributed by atoms with van der Waals surface area (Å²) in [7, 11) is 0. The first-order chi connectivity index (χ1) is 18.9. The van der Waals surface area contributed by atoms with E-state index >= 15 is 0 Å². The van der Waals surface area contributed by atoms with E-state index in [1.165, 1.54) is 0 Å². The number of hydrogen-bond acceptors (Lipinski definition) is 7. The van der Waals surface area contributed by atoms with Crippen LogP contribution in [0.15, 0.2) is 60.7 Å². The molecule has 8 nitrogen and oxygen atoms in total. The van der Waals surface area contributed by atoms with Gasteiger partial charge in [0.25, 0.3) is 11.7 Å². The van der Waals surface area contributed by atoms with Crippen molar-refractivity contribution in [3.8, 4) is 11.5 Å². The molecule has 2 saturated heterocycles. The fourth-order valence-electron chi connectivity index (χ4n) is 4.90. The topological polar surface area (TPSA) is 88.5 Å². The fraction of sp³-hybridized carbons (Fsp3) is 0.419. The van der Waals surface area contributed by atoms with Crippen molar-refractivity contribution in [2.24, 2.45) is 0 Å². The highest BCUT2D eigenvalue weighted by Gasteiger charge is 2.46. The summed E-state index contributed by atoms with van der Waals surface area (Å²) in [5, 5.41) is 11.5. The third-order valence-electron chi connectivity index (χ3n) is 7.08. The second-order valence-corrected chi connectivity index (χ2v) is 9.79. The number of aliphatic hydroxyl groups excluding tert-OH is 1. The molecule has 0 bridgehead atoms. The Morgan fingerprint density at radius 1 is 1.08 bits per heavy atom. The summed E-state index contributed by atoms with van der Waals surface area (Å²) in [5.41, 5.74) is 2.04. The molecule has 2 aliphatic rings. The quantitative estimate of drug-likeness (QED) is 0.141.